The fraction of sp³-hybridized carbons (Fsp3) is 0.571. The standard InChI is InChI=1S/C14H22N2O3/c1-13(2,3)19-12(18)11(17)16-9-14(4,5)10-7-6-8-15-10/h6-8,15H,9H2,1-5H3,(H,16,17). The number of hydrogen-bond donors (Lipinski definition) is 2. The average Bonchev–Trinajstić information content (AvgIpc) is 2.77. The number of esters is 1. The number of aromatic amines is 1. The van der Waals surface area contributed by atoms with E-state index in [2.05, 4.69) is 10.3 Å². The Morgan fingerprint density at radius 2 is 1.89 bits per heavy atom. The number of H-pyrrole nitrogens is 1. The molecule has 0 saturated heterocycles. The molecular weight excluding hydrogens is 244 g/mol. The molecule has 0 aliphatic rings. The Kier molecular flexibility index (Phi) is 4.39. The molecule has 0 bridgehead atoms. The van der Waals surface area contributed by atoms with E-state index in [0.717, 1.165) is 5.69 Å². The van der Waals surface area contributed by atoms with Gasteiger partial charge in [0.1, 0.15) is 5.60 Å². The van der Waals surface area contributed by atoms with Crippen LogP contribution in [0, 0.1) is 0 Å². The molecule has 0 aliphatic heterocycles. The number of aromatic nitrogens is 1. The summed E-state index contributed by atoms with van der Waals surface area (Å²) in [6.07, 6.45) is 1.83. The van der Waals surface area contributed by atoms with E-state index in [1.54, 1.807) is 20.8 Å². The Hall–Kier alpha value is -1.78. The highest BCUT2D eigenvalue weighted by atomic mass is 16.6. The molecule has 19 heavy (non-hydrogen) atoms. The van der Waals surface area contributed by atoms with Crippen molar-refractivity contribution in [3.05, 3.63) is 24.0 Å². The lowest BCUT2D eigenvalue weighted by molar-refractivity contribution is -0.163. The number of rotatable bonds is 3. The number of carbonyl (C=O) groups excluding carboxylic acids is 2. The third-order valence-electron chi connectivity index (χ3n) is 2.60. The van der Waals surface area contributed by atoms with Crippen LogP contribution in [0.25, 0.3) is 0 Å². The minimum Gasteiger partial charge on any atom is -0.453 e. The molecule has 1 rings (SSSR count). The van der Waals surface area contributed by atoms with E-state index >= 15 is 0 Å². The van der Waals surface area contributed by atoms with Crippen LogP contribution in [-0.4, -0.2) is 29.0 Å². The minimum absolute atomic E-state index is 0.277. The monoisotopic (exact) mass is 266 g/mol. The largest absolute Gasteiger partial charge is 0.453 e. The highest BCUT2D eigenvalue weighted by Gasteiger charge is 2.26. The smallest absolute Gasteiger partial charge is 0.397 e. The first-order valence-corrected chi connectivity index (χ1v) is 6.27. The molecule has 0 fully saturated rings. The van der Waals surface area contributed by atoms with Gasteiger partial charge in [-0.15, -0.1) is 0 Å². The molecular formula is C14H22N2O3. The van der Waals surface area contributed by atoms with Crippen LogP contribution in [0.4, 0.5) is 0 Å². The van der Waals surface area contributed by atoms with Crippen LogP contribution in [0.2, 0.25) is 0 Å². The van der Waals surface area contributed by atoms with Gasteiger partial charge in [0.05, 0.1) is 0 Å². The summed E-state index contributed by atoms with van der Waals surface area (Å²) in [5, 5.41) is 2.60. The van der Waals surface area contributed by atoms with Crippen LogP contribution in [0.1, 0.15) is 40.3 Å². The molecule has 0 radical (unpaired) electrons. The third kappa shape index (κ3) is 4.77. The van der Waals surface area contributed by atoms with Gasteiger partial charge >= 0.3 is 11.9 Å². The van der Waals surface area contributed by atoms with E-state index in [-0.39, 0.29) is 5.41 Å². The molecule has 106 valence electrons. The summed E-state index contributed by atoms with van der Waals surface area (Å²) in [7, 11) is 0. The van der Waals surface area contributed by atoms with E-state index in [9.17, 15) is 9.59 Å². The Labute approximate surface area is 113 Å². The molecule has 1 amide bonds. The van der Waals surface area contributed by atoms with E-state index in [1.807, 2.05) is 32.2 Å². The fourth-order valence-corrected chi connectivity index (χ4v) is 1.54. The van der Waals surface area contributed by atoms with Gasteiger partial charge in [-0.2, -0.15) is 0 Å². The molecule has 0 aromatic carbocycles. The molecule has 2 N–H and O–H groups in total. The van der Waals surface area contributed by atoms with Crippen molar-refractivity contribution in [3.63, 3.8) is 0 Å². The van der Waals surface area contributed by atoms with Crippen molar-refractivity contribution in [1.82, 2.24) is 10.3 Å². The summed E-state index contributed by atoms with van der Waals surface area (Å²) >= 11 is 0. The van der Waals surface area contributed by atoms with E-state index in [0.29, 0.717) is 6.54 Å². The molecule has 5 nitrogen and oxygen atoms in total. The van der Waals surface area contributed by atoms with Gasteiger partial charge in [0, 0.05) is 23.9 Å². The van der Waals surface area contributed by atoms with Crippen LogP contribution in [0.5, 0.6) is 0 Å². The van der Waals surface area contributed by atoms with Crippen LogP contribution in [0.15, 0.2) is 18.3 Å². The topological polar surface area (TPSA) is 71.2 Å². The number of amides is 1. The Bertz CT molecular complexity index is 442. The van der Waals surface area contributed by atoms with Crippen LogP contribution < -0.4 is 5.32 Å². The zero-order valence-electron chi connectivity index (χ0n) is 12.2. The van der Waals surface area contributed by atoms with Gasteiger partial charge in [0.15, 0.2) is 0 Å². The maximum absolute atomic E-state index is 11.6. The van der Waals surface area contributed by atoms with Crippen molar-refractivity contribution in [2.45, 2.75) is 45.6 Å². The van der Waals surface area contributed by atoms with Gasteiger partial charge in [-0.05, 0) is 32.9 Å². The second-order valence-electron chi connectivity index (χ2n) is 6.15. The highest BCUT2D eigenvalue weighted by Crippen LogP contribution is 2.19. The Balaban J connectivity index is 2.53. The summed E-state index contributed by atoms with van der Waals surface area (Å²) in [5.74, 6) is -1.57. The zero-order chi connectivity index (χ0) is 14.7. The number of ether oxygens (including phenoxy) is 1. The Morgan fingerprint density at radius 1 is 1.26 bits per heavy atom. The van der Waals surface area contributed by atoms with Crippen molar-refractivity contribution >= 4 is 11.9 Å². The summed E-state index contributed by atoms with van der Waals surface area (Å²) in [5.41, 5.74) is 0.0573. The zero-order valence-corrected chi connectivity index (χ0v) is 12.2. The average molecular weight is 266 g/mol. The van der Waals surface area contributed by atoms with Gasteiger partial charge in [-0.25, -0.2) is 4.79 Å². The lowest BCUT2D eigenvalue weighted by Crippen LogP contribution is -2.42. The summed E-state index contributed by atoms with van der Waals surface area (Å²) in [6, 6.07) is 3.84. The summed E-state index contributed by atoms with van der Waals surface area (Å²) in [4.78, 5) is 26.3. The normalized spacial score (nSPS) is 12.1. The second-order valence-corrected chi connectivity index (χ2v) is 6.15. The lowest BCUT2D eigenvalue weighted by atomic mass is 9.89. The first kappa shape index (κ1) is 15.3. The molecule has 0 spiro atoms. The molecule has 5 heteroatoms. The van der Waals surface area contributed by atoms with Gasteiger partial charge < -0.3 is 15.0 Å². The van der Waals surface area contributed by atoms with E-state index in [1.165, 1.54) is 0 Å². The fourth-order valence-electron chi connectivity index (χ4n) is 1.54. The number of hydrogen-bond acceptors (Lipinski definition) is 3. The molecule has 0 unspecified atom stereocenters. The van der Waals surface area contributed by atoms with Gasteiger partial charge in [0.2, 0.25) is 0 Å². The molecule has 0 atom stereocenters. The molecule has 0 aliphatic carbocycles. The molecule has 1 aromatic heterocycles. The van der Waals surface area contributed by atoms with Crippen molar-refractivity contribution in [2.75, 3.05) is 6.54 Å². The van der Waals surface area contributed by atoms with Crippen molar-refractivity contribution in [3.8, 4) is 0 Å². The third-order valence-corrected chi connectivity index (χ3v) is 2.60. The molecule has 1 aromatic rings. The van der Waals surface area contributed by atoms with Gasteiger partial charge in [0.25, 0.3) is 0 Å². The first-order valence-electron chi connectivity index (χ1n) is 6.27. The summed E-state index contributed by atoms with van der Waals surface area (Å²) in [6.45, 7) is 9.48. The number of nitrogens with one attached hydrogen (secondary N) is 2. The van der Waals surface area contributed by atoms with Crippen LogP contribution >= 0.6 is 0 Å². The molecule has 0 saturated carbocycles. The summed E-state index contributed by atoms with van der Waals surface area (Å²) < 4.78 is 5.00. The maximum Gasteiger partial charge on any atom is 0.397 e. The van der Waals surface area contributed by atoms with Crippen molar-refractivity contribution in [1.29, 1.82) is 0 Å². The maximum atomic E-state index is 11.6. The molecule has 1 heterocycles. The minimum atomic E-state index is -0.852. The highest BCUT2D eigenvalue weighted by molar-refractivity contribution is 6.32. The first-order chi connectivity index (χ1) is 8.62. The predicted molar refractivity (Wildman–Crippen MR) is 72.7 cm³/mol. The van der Waals surface area contributed by atoms with Crippen molar-refractivity contribution < 1.29 is 14.3 Å². The van der Waals surface area contributed by atoms with E-state index in [4.69, 9.17) is 4.74 Å². The van der Waals surface area contributed by atoms with Gasteiger partial charge in [-0.3, -0.25) is 4.79 Å². The van der Waals surface area contributed by atoms with Crippen LogP contribution in [-0.2, 0) is 19.7 Å². The SMILES string of the molecule is CC(C)(C)OC(=O)C(=O)NCC(C)(C)c1ccc[nH]1. The van der Waals surface area contributed by atoms with Crippen molar-refractivity contribution in [2.24, 2.45) is 0 Å². The van der Waals surface area contributed by atoms with E-state index < -0.39 is 17.5 Å². The van der Waals surface area contributed by atoms with Crippen LogP contribution in [0.3, 0.4) is 0 Å². The Morgan fingerprint density at radius 3 is 2.37 bits per heavy atom. The van der Waals surface area contributed by atoms with Gasteiger partial charge in [-0.1, -0.05) is 13.8 Å². The number of carbonyl (C=O) groups is 2. The predicted octanol–water partition coefficient (Wildman–Crippen LogP) is 1.75. The lowest BCUT2D eigenvalue weighted by Gasteiger charge is -2.24. The quantitative estimate of drug-likeness (QED) is 0.646. The second kappa shape index (κ2) is 5.47.